The second-order valence-electron chi connectivity index (χ2n) is 6.70. The van der Waals surface area contributed by atoms with E-state index in [9.17, 15) is 4.39 Å². The van der Waals surface area contributed by atoms with E-state index in [2.05, 4.69) is 12.2 Å². The van der Waals surface area contributed by atoms with Gasteiger partial charge in [-0.2, -0.15) is 0 Å². The molecule has 2 atom stereocenters. The van der Waals surface area contributed by atoms with Crippen molar-refractivity contribution in [1.82, 2.24) is 5.32 Å². The van der Waals surface area contributed by atoms with Crippen LogP contribution >= 0.6 is 0 Å². The van der Waals surface area contributed by atoms with Crippen LogP contribution < -0.4 is 10.1 Å². The van der Waals surface area contributed by atoms with Gasteiger partial charge in [-0.15, -0.1) is 0 Å². The maximum atomic E-state index is 13.4. The normalized spacial score (nSPS) is 26.8. The Kier molecular flexibility index (Phi) is 4.21. The summed E-state index contributed by atoms with van der Waals surface area (Å²) in [5.74, 6) is 0.510. The predicted molar refractivity (Wildman–Crippen MR) is 83.2 cm³/mol. The third-order valence-electron chi connectivity index (χ3n) is 5.38. The molecule has 0 saturated heterocycles. The average Bonchev–Trinajstić information content (AvgIpc) is 2.98. The molecule has 0 bridgehead atoms. The van der Waals surface area contributed by atoms with Crippen LogP contribution in [0.15, 0.2) is 18.2 Å². The van der Waals surface area contributed by atoms with E-state index >= 15 is 0 Å². The molecular weight excluding hydrogens is 265 g/mol. The lowest BCUT2D eigenvalue weighted by molar-refractivity contribution is -0.0763. The molecule has 2 nitrogen and oxygen atoms in total. The van der Waals surface area contributed by atoms with Crippen LogP contribution in [0.3, 0.4) is 0 Å². The quantitative estimate of drug-likeness (QED) is 0.877. The van der Waals surface area contributed by atoms with Crippen molar-refractivity contribution in [3.05, 3.63) is 29.6 Å². The zero-order valence-electron chi connectivity index (χ0n) is 13.1. The van der Waals surface area contributed by atoms with Gasteiger partial charge in [0.1, 0.15) is 17.7 Å². The number of halogens is 1. The SMILES string of the molecule is CCCNC1CC(Oc2cc(F)ccc2C)C12CCCC2. The summed E-state index contributed by atoms with van der Waals surface area (Å²) in [4.78, 5) is 0. The van der Waals surface area contributed by atoms with Crippen LogP contribution in [0.25, 0.3) is 0 Å². The minimum atomic E-state index is -0.212. The van der Waals surface area contributed by atoms with Crippen molar-refractivity contribution in [3.63, 3.8) is 0 Å². The second kappa shape index (κ2) is 5.96. The number of hydrogen-bond donors (Lipinski definition) is 1. The first-order valence-corrected chi connectivity index (χ1v) is 8.32. The molecule has 3 rings (SSSR count). The van der Waals surface area contributed by atoms with Gasteiger partial charge in [-0.05, 0) is 44.4 Å². The summed E-state index contributed by atoms with van der Waals surface area (Å²) in [5, 5.41) is 3.69. The molecule has 1 aromatic rings. The van der Waals surface area contributed by atoms with E-state index in [1.807, 2.05) is 6.92 Å². The topological polar surface area (TPSA) is 21.3 Å². The highest BCUT2D eigenvalue weighted by molar-refractivity contribution is 5.33. The molecule has 0 amide bonds. The Morgan fingerprint density at radius 1 is 1.33 bits per heavy atom. The van der Waals surface area contributed by atoms with E-state index in [-0.39, 0.29) is 17.3 Å². The van der Waals surface area contributed by atoms with Gasteiger partial charge < -0.3 is 10.1 Å². The van der Waals surface area contributed by atoms with Crippen molar-refractivity contribution >= 4 is 0 Å². The first-order valence-electron chi connectivity index (χ1n) is 8.32. The number of benzene rings is 1. The summed E-state index contributed by atoms with van der Waals surface area (Å²) in [7, 11) is 0. The van der Waals surface area contributed by atoms with Crippen molar-refractivity contribution in [2.45, 2.75) is 64.5 Å². The summed E-state index contributed by atoms with van der Waals surface area (Å²) in [6, 6.07) is 5.42. The number of aryl methyl sites for hydroxylation is 1. The summed E-state index contributed by atoms with van der Waals surface area (Å²) < 4.78 is 19.7. The van der Waals surface area contributed by atoms with Crippen molar-refractivity contribution in [3.8, 4) is 5.75 Å². The Hall–Kier alpha value is -1.09. The number of ether oxygens (including phenoxy) is 1. The largest absolute Gasteiger partial charge is 0.489 e. The van der Waals surface area contributed by atoms with Crippen molar-refractivity contribution in [2.75, 3.05) is 6.54 Å². The Morgan fingerprint density at radius 2 is 2.10 bits per heavy atom. The fourth-order valence-corrected chi connectivity index (χ4v) is 4.08. The average molecular weight is 291 g/mol. The van der Waals surface area contributed by atoms with E-state index in [0.717, 1.165) is 24.3 Å². The highest BCUT2D eigenvalue weighted by atomic mass is 19.1. The first-order chi connectivity index (χ1) is 10.2. The van der Waals surface area contributed by atoms with Gasteiger partial charge in [0.15, 0.2) is 0 Å². The number of nitrogens with one attached hydrogen (secondary N) is 1. The van der Waals surface area contributed by atoms with Gasteiger partial charge in [-0.1, -0.05) is 25.8 Å². The zero-order chi connectivity index (χ0) is 14.9. The number of rotatable bonds is 5. The van der Waals surface area contributed by atoms with Gasteiger partial charge >= 0.3 is 0 Å². The standard InChI is InChI=1S/C18H26FNO/c1-3-10-20-16-12-17(18(16)8-4-5-9-18)21-15-11-14(19)7-6-13(15)2/h6-7,11,16-17,20H,3-5,8-10,12H2,1-2H3. The van der Waals surface area contributed by atoms with Crippen LogP contribution in [-0.4, -0.2) is 18.7 Å². The van der Waals surface area contributed by atoms with Gasteiger partial charge in [0, 0.05) is 23.9 Å². The summed E-state index contributed by atoms with van der Waals surface area (Å²) in [6.07, 6.45) is 7.55. The Bertz CT molecular complexity index is 496. The third kappa shape index (κ3) is 2.68. The molecule has 0 heterocycles. The smallest absolute Gasteiger partial charge is 0.126 e. The summed E-state index contributed by atoms with van der Waals surface area (Å²) in [6.45, 7) is 5.27. The van der Waals surface area contributed by atoms with Gasteiger partial charge in [0.2, 0.25) is 0 Å². The fraction of sp³-hybridized carbons (Fsp3) is 0.667. The molecule has 1 aromatic carbocycles. The molecule has 1 N–H and O–H groups in total. The third-order valence-corrected chi connectivity index (χ3v) is 5.38. The first kappa shape index (κ1) is 14.8. The molecule has 2 aliphatic carbocycles. The lowest BCUT2D eigenvalue weighted by Crippen LogP contribution is -2.63. The van der Waals surface area contributed by atoms with Crippen LogP contribution in [0.2, 0.25) is 0 Å². The minimum Gasteiger partial charge on any atom is -0.489 e. The lowest BCUT2D eigenvalue weighted by Gasteiger charge is -2.54. The van der Waals surface area contributed by atoms with E-state index < -0.39 is 0 Å². The van der Waals surface area contributed by atoms with Crippen LogP contribution in [0.5, 0.6) is 5.75 Å². The Morgan fingerprint density at radius 3 is 2.81 bits per heavy atom. The van der Waals surface area contributed by atoms with Crippen LogP contribution in [0.4, 0.5) is 4.39 Å². The molecule has 1 spiro atoms. The molecule has 116 valence electrons. The molecule has 3 heteroatoms. The van der Waals surface area contributed by atoms with Gasteiger partial charge in [0.25, 0.3) is 0 Å². The molecule has 2 unspecified atom stereocenters. The van der Waals surface area contributed by atoms with Crippen molar-refractivity contribution in [2.24, 2.45) is 5.41 Å². The van der Waals surface area contributed by atoms with E-state index in [4.69, 9.17) is 4.74 Å². The summed E-state index contributed by atoms with van der Waals surface area (Å²) >= 11 is 0. The van der Waals surface area contributed by atoms with Crippen LogP contribution in [0.1, 0.15) is 51.0 Å². The molecule has 0 radical (unpaired) electrons. The van der Waals surface area contributed by atoms with Crippen LogP contribution in [0, 0.1) is 18.2 Å². The van der Waals surface area contributed by atoms with E-state index in [0.29, 0.717) is 6.04 Å². The summed E-state index contributed by atoms with van der Waals surface area (Å²) in [5.41, 5.74) is 1.31. The molecule has 0 aliphatic heterocycles. The number of hydrogen-bond acceptors (Lipinski definition) is 2. The molecule has 2 aliphatic rings. The zero-order valence-corrected chi connectivity index (χ0v) is 13.1. The maximum Gasteiger partial charge on any atom is 0.126 e. The molecule has 2 saturated carbocycles. The van der Waals surface area contributed by atoms with Gasteiger partial charge in [0.05, 0.1) is 0 Å². The highest BCUT2D eigenvalue weighted by Crippen LogP contribution is 2.54. The minimum absolute atomic E-state index is 0.212. The van der Waals surface area contributed by atoms with Gasteiger partial charge in [-0.3, -0.25) is 0 Å². The maximum absolute atomic E-state index is 13.4. The van der Waals surface area contributed by atoms with E-state index in [1.165, 1.54) is 44.2 Å². The van der Waals surface area contributed by atoms with Crippen molar-refractivity contribution in [1.29, 1.82) is 0 Å². The predicted octanol–water partition coefficient (Wildman–Crippen LogP) is 4.21. The Labute approximate surface area is 127 Å². The fourth-order valence-electron chi connectivity index (χ4n) is 4.08. The Balaban J connectivity index is 1.72. The molecule has 2 fully saturated rings. The van der Waals surface area contributed by atoms with Crippen LogP contribution in [-0.2, 0) is 0 Å². The lowest BCUT2D eigenvalue weighted by atomic mass is 9.60. The van der Waals surface area contributed by atoms with Gasteiger partial charge in [-0.25, -0.2) is 4.39 Å². The monoisotopic (exact) mass is 291 g/mol. The van der Waals surface area contributed by atoms with Crippen molar-refractivity contribution < 1.29 is 9.13 Å². The second-order valence-corrected chi connectivity index (χ2v) is 6.70. The van der Waals surface area contributed by atoms with E-state index in [1.54, 1.807) is 6.07 Å². The molecule has 21 heavy (non-hydrogen) atoms. The highest BCUT2D eigenvalue weighted by Gasteiger charge is 2.57. The molecule has 0 aromatic heterocycles. The molecular formula is C18H26FNO.